The van der Waals surface area contributed by atoms with Crippen LogP contribution in [0.4, 0.5) is 0 Å². The predicted molar refractivity (Wildman–Crippen MR) is 109 cm³/mol. The van der Waals surface area contributed by atoms with Crippen molar-refractivity contribution in [3.05, 3.63) is 47.6 Å². The summed E-state index contributed by atoms with van der Waals surface area (Å²) in [5.74, 6) is 1.72. The maximum absolute atomic E-state index is 13.1. The molecule has 2 fully saturated rings. The molecule has 2 aliphatic rings. The van der Waals surface area contributed by atoms with Crippen LogP contribution in [0.1, 0.15) is 74.7 Å². The number of carbonyl (C=O) groups excluding carboxylic acids is 1. The molecule has 6 heteroatoms. The van der Waals surface area contributed by atoms with E-state index in [9.17, 15) is 4.79 Å². The van der Waals surface area contributed by atoms with Crippen molar-refractivity contribution < 1.29 is 14.1 Å². The minimum absolute atomic E-state index is 0.0651. The number of nitrogens with zero attached hydrogens (tertiary/aromatic N) is 3. The van der Waals surface area contributed by atoms with Crippen molar-refractivity contribution in [3.63, 3.8) is 0 Å². The minimum Gasteiger partial charge on any atom is -0.376 e. The molecule has 156 valence electrons. The van der Waals surface area contributed by atoms with Gasteiger partial charge in [-0.1, -0.05) is 54.8 Å². The van der Waals surface area contributed by atoms with Crippen molar-refractivity contribution in [3.8, 4) is 0 Å². The van der Waals surface area contributed by atoms with Crippen LogP contribution >= 0.6 is 0 Å². The third-order valence-corrected chi connectivity index (χ3v) is 6.09. The lowest BCUT2D eigenvalue weighted by atomic mass is 9.87. The fourth-order valence-electron chi connectivity index (χ4n) is 4.47. The number of ether oxygens (including phenoxy) is 1. The molecular weight excluding hydrogens is 366 g/mol. The fourth-order valence-corrected chi connectivity index (χ4v) is 4.47. The summed E-state index contributed by atoms with van der Waals surface area (Å²) < 4.78 is 11.3. The molecule has 29 heavy (non-hydrogen) atoms. The highest BCUT2D eigenvalue weighted by Crippen LogP contribution is 2.34. The second-order valence-corrected chi connectivity index (χ2v) is 8.22. The normalized spacial score (nSPS) is 20.7. The van der Waals surface area contributed by atoms with E-state index in [0.29, 0.717) is 37.3 Å². The van der Waals surface area contributed by atoms with Gasteiger partial charge in [0.05, 0.1) is 13.2 Å². The lowest BCUT2D eigenvalue weighted by Gasteiger charge is -2.36. The van der Waals surface area contributed by atoms with Gasteiger partial charge in [0, 0.05) is 18.9 Å². The molecule has 1 aliphatic carbocycles. The fraction of sp³-hybridized carbons (Fsp3) is 0.609. The molecule has 1 amide bonds. The van der Waals surface area contributed by atoms with E-state index < -0.39 is 0 Å². The quantitative estimate of drug-likeness (QED) is 0.645. The molecule has 1 aliphatic heterocycles. The zero-order chi connectivity index (χ0) is 19.9. The molecule has 1 aromatic heterocycles. The molecule has 0 radical (unpaired) electrons. The molecule has 4 rings (SSSR count). The first-order chi connectivity index (χ1) is 14.3. The Bertz CT molecular complexity index is 771. The lowest BCUT2D eigenvalue weighted by Crippen LogP contribution is -2.42. The van der Waals surface area contributed by atoms with Gasteiger partial charge in [-0.05, 0) is 37.7 Å². The van der Waals surface area contributed by atoms with E-state index in [0.717, 1.165) is 44.2 Å². The molecule has 1 unspecified atom stereocenters. The highest BCUT2D eigenvalue weighted by Gasteiger charge is 2.35. The average Bonchev–Trinajstić information content (AvgIpc) is 3.26. The third kappa shape index (κ3) is 5.24. The Morgan fingerprint density at radius 1 is 1.07 bits per heavy atom. The number of rotatable bonds is 7. The maximum atomic E-state index is 13.1. The van der Waals surface area contributed by atoms with Crippen LogP contribution in [-0.2, 0) is 22.6 Å². The Morgan fingerprint density at radius 3 is 2.69 bits per heavy atom. The van der Waals surface area contributed by atoms with Crippen LogP contribution in [0.15, 0.2) is 34.9 Å². The van der Waals surface area contributed by atoms with Crippen molar-refractivity contribution in [1.29, 1.82) is 0 Å². The van der Waals surface area contributed by atoms with Gasteiger partial charge in [0.15, 0.2) is 5.82 Å². The first-order valence-electron chi connectivity index (χ1n) is 11.1. The number of aromatic nitrogens is 2. The van der Waals surface area contributed by atoms with Crippen LogP contribution in [-0.4, -0.2) is 34.1 Å². The topological polar surface area (TPSA) is 68.5 Å². The van der Waals surface area contributed by atoms with Crippen LogP contribution in [0.2, 0.25) is 0 Å². The smallest absolute Gasteiger partial charge is 0.249 e. The van der Waals surface area contributed by atoms with E-state index in [1.54, 1.807) is 0 Å². The van der Waals surface area contributed by atoms with E-state index in [4.69, 9.17) is 9.26 Å². The zero-order valence-electron chi connectivity index (χ0n) is 17.1. The van der Waals surface area contributed by atoms with Crippen molar-refractivity contribution >= 4 is 5.91 Å². The Labute approximate surface area is 172 Å². The van der Waals surface area contributed by atoms with Gasteiger partial charge in [0.2, 0.25) is 11.8 Å². The Kier molecular flexibility index (Phi) is 6.93. The van der Waals surface area contributed by atoms with Gasteiger partial charge in [-0.2, -0.15) is 4.98 Å². The SMILES string of the molecule is O=C(C1CCCCC1)N1CCCCC1c1nc(CCOCc2ccccc2)no1. The first kappa shape index (κ1) is 20.1. The Balaban J connectivity index is 1.32. The molecule has 1 saturated heterocycles. The van der Waals surface area contributed by atoms with Crippen LogP contribution < -0.4 is 0 Å². The molecular formula is C23H31N3O3. The molecule has 1 atom stereocenters. The van der Waals surface area contributed by atoms with Crippen LogP contribution in [0.5, 0.6) is 0 Å². The molecule has 2 aromatic rings. The Morgan fingerprint density at radius 2 is 1.86 bits per heavy atom. The molecule has 1 aromatic carbocycles. The summed E-state index contributed by atoms with van der Waals surface area (Å²) in [5.41, 5.74) is 1.15. The van der Waals surface area contributed by atoms with Crippen LogP contribution in [0, 0.1) is 5.92 Å². The number of carbonyl (C=O) groups is 1. The van der Waals surface area contributed by atoms with E-state index in [1.165, 1.54) is 19.3 Å². The summed E-state index contributed by atoms with van der Waals surface area (Å²) in [7, 11) is 0. The number of hydrogen-bond donors (Lipinski definition) is 0. The van der Waals surface area contributed by atoms with Crippen molar-refractivity contribution in [2.24, 2.45) is 5.92 Å². The number of likely N-dealkylation sites (tertiary alicyclic amines) is 1. The summed E-state index contributed by atoms with van der Waals surface area (Å²) >= 11 is 0. The Hall–Kier alpha value is -2.21. The van der Waals surface area contributed by atoms with Crippen molar-refractivity contribution in [2.45, 2.75) is 70.4 Å². The summed E-state index contributed by atoms with van der Waals surface area (Å²) in [6.45, 7) is 1.93. The second kappa shape index (κ2) is 10.0. The summed E-state index contributed by atoms with van der Waals surface area (Å²) in [4.78, 5) is 19.7. The molecule has 1 saturated carbocycles. The van der Waals surface area contributed by atoms with E-state index in [1.807, 2.05) is 35.2 Å². The zero-order valence-corrected chi connectivity index (χ0v) is 17.1. The second-order valence-electron chi connectivity index (χ2n) is 8.22. The van der Waals surface area contributed by atoms with E-state index in [-0.39, 0.29) is 12.0 Å². The number of hydrogen-bond acceptors (Lipinski definition) is 5. The average molecular weight is 398 g/mol. The highest BCUT2D eigenvalue weighted by molar-refractivity contribution is 5.79. The molecule has 0 bridgehead atoms. The van der Waals surface area contributed by atoms with Crippen molar-refractivity contribution in [2.75, 3.05) is 13.2 Å². The number of amides is 1. The summed E-state index contributed by atoms with van der Waals surface area (Å²) in [6, 6.07) is 10.0. The van der Waals surface area contributed by atoms with E-state index in [2.05, 4.69) is 10.1 Å². The van der Waals surface area contributed by atoms with Crippen molar-refractivity contribution in [1.82, 2.24) is 15.0 Å². The molecule has 0 N–H and O–H groups in total. The maximum Gasteiger partial charge on any atom is 0.249 e. The predicted octanol–water partition coefficient (Wildman–Crippen LogP) is 4.46. The summed E-state index contributed by atoms with van der Waals surface area (Å²) in [6.07, 6.45) is 9.31. The molecule has 0 spiro atoms. The van der Waals surface area contributed by atoms with Gasteiger partial charge in [-0.15, -0.1) is 0 Å². The highest BCUT2D eigenvalue weighted by atomic mass is 16.5. The van der Waals surface area contributed by atoms with Gasteiger partial charge in [-0.25, -0.2) is 0 Å². The van der Waals surface area contributed by atoms with Gasteiger partial charge in [0.25, 0.3) is 0 Å². The molecule has 2 heterocycles. The largest absolute Gasteiger partial charge is 0.376 e. The number of piperidine rings is 1. The van der Waals surface area contributed by atoms with Gasteiger partial charge in [0.1, 0.15) is 6.04 Å². The third-order valence-electron chi connectivity index (χ3n) is 6.09. The summed E-state index contributed by atoms with van der Waals surface area (Å²) in [5, 5.41) is 4.14. The van der Waals surface area contributed by atoms with Gasteiger partial charge >= 0.3 is 0 Å². The minimum atomic E-state index is -0.0651. The first-order valence-corrected chi connectivity index (χ1v) is 11.1. The van der Waals surface area contributed by atoms with Crippen LogP contribution in [0.25, 0.3) is 0 Å². The standard InChI is InChI=1S/C23H31N3O3/c27-23(19-11-5-2-6-12-19)26-15-8-7-13-20(26)22-24-21(25-29-22)14-16-28-17-18-9-3-1-4-10-18/h1,3-4,9-10,19-20H,2,5-8,11-17H2. The lowest BCUT2D eigenvalue weighted by molar-refractivity contribution is -0.141. The monoisotopic (exact) mass is 397 g/mol. The molecule has 6 nitrogen and oxygen atoms in total. The van der Waals surface area contributed by atoms with Gasteiger partial charge < -0.3 is 14.2 Å². The number of benzene rings is 1. The van der Waals surface area contributed by atoms with Gasteiger partial charge in [-0.3, -0.25) is 4.79 Å². The van der Waals surface area contributed by atoms with Crippen LogP contribution in [0.3, 0.4) is 0 Å². The van der Waals surface area contributed by atoms with E-state index >= 15 is 0 Å².